The molecule has 0 fully saturated rings. The number of hydrogen-bond acceptors (Lipinski definition) is 0. The van der Waals surface area contributed by atoms with Gasteiger partial charge in [0.05, 0.1) is 0 Å². The van der Waals surface area contributed by atoms with E-state index in [1.54, 1.807) is 0 Å². The SMILES string of the molecule is [Hf+4].[I-].[I-].[I-].[c-]1cccc2c1Cc1ccccc1-2. The Kier molecular flexibility index (Phi) is 11.5. The van der Waals surface area contributed by atoms with Gasteiger partial charge in [-0.25, -0.2) is 0 Å². The summed E-state index contributed by atoms with van der Waals surface area (Å²) in [5, 5.41) is 0. The van der Waals surface area contributed by atoms with Crippen LogP contribution in [0.15, 0.2) is 42.5 Å². The molecule has 1 aliphatic rings. The summed E-state index contributed by atoms with van der Waals surface area (Å²) >= 11 is 0. The van der Waals surface area contributed by atoms with Gasteiger partial charge >= 0.3 is 25.8 Å². The summed E-state index contributed by atoms with van der Waals surface area (Å²) in [5.41, 5.74) is 5.51. The summed E-state index contributed by atoms with van der Waals surface area (Å²) in [6.45, 7) is 0. The number of hydrogen-bond donors (Lipinski definition) is 0. The van der Waals surface area contributed by atoms with E-state index in [1.165, 1.54) is 22.3 Å². The zero-order valence-corrected chi connectivity index (χ0v) is 18.9. The number of rotatable bonds is 0. The minimum atomic E-state index is 0. The molecule has 0 nitrogen and oxygen atoms in total. The van der Waals surface area contributed by atoms with Gasteiger partial charge in [0.25, 0.3) is 0 Å². The normalized spacial score (nSPS) is 9.41. The molecule has 2 aromatic carbocycles. The number of benzene rings is 2. The molecule has 0 N–H and O–H groups in total. The van der Waals surface area contributed by atoms with Crippen LogP contribution in [0, 0.1) is 6.07 Å². The van der Waals surface area contributed by atoms with Gasteiger partial charge < -0.3 is 71.9 Å². The second kappa shape index (κ2) is 9.41. The summed E-state index contributed by atoms with van der Waals surface area (Å²) in [6.07, 6.45) is 1.05. The van der Waals surface area contributed by atoms with Gasteiger partial charge in [0.2, 0.25) is 0 Å². The maximum absolute atomic E-state index is 3.30. The van der Waals surface area contributed by atoms with Crippen LogP contribution >= 0.6 is 0 Å². The van der Waals surface area contributed by atoms with Crippen molar-refractivity contribution >= 4 is 0 Å². The largest absolute Gasteiger partial charge is 4.00 e. The van der Waals surface area contributed by atoms with Crippen LogP contribution < -0.4 is 71.9 Å². The molecule has 17 heavy (non-hydrogen) atoms. The maximum atomic E-state index is 3.30. The Morgan fingerprint density at radius 1 is 0.824 bits per heavy atom. The molecule has 0 atom stereocenters. The summed E-state index contributed by atoms with van der Waals surface area (Å²) in [6, 6.07) is 18.1. The second-order valence-electron chi connectivity index (χ2n) is 3.40. The number of halogens is 3. The molecule has 0 aromatic heterocycles. The Labute approximate surface area is 172 Å². The first-order valence-electron chi connectivity index (χ1n) is 4.53. The first-order valence-corrected chi connectivity index (χ1v) is 4.53. The third kappa shape index (κ3) is 4.24. The molecule has 0 saturated heterocycles. The van der Waals surface area contributed by atoms with Crippen LogP contribution in [0.5, 0.6) is 0 Å². The molecule has 0 saturated carbocycles. The topological polar surface area (TPSA) is 0 Å². The van der Waals surface area contributed by atoms with E-state index in [-0.39, 0.29) is 97.8 Å². The molecule has 0 spiro atoms. The molecule has 86 valence electrons. The van der Waals surface area contributed by atoms with Gasteiger partial charge in [-0.1, -0.05) is 35.4 Å². The summed E-state index contributed by atoms with van der Waals surface area (Å²) in [7, 11) is 0. The van der Waals surface area contributed by atoms with Gasteiger partial charge in [-0.3, -0.25) is 0 Å². The Hall–Kier alpha value is 1.50. The van der Waals surface area contributed by atoms with Crippen LogP contribution in [0.3, 0.4) is 0 Å². The predicted molar refractivity (Wildman–Crippen MR) is 53.5 cm³/mol. The van der Waals surface area contributed by atoms with E-state index in [4.69, 9.17) is 0 Å². The van der Waals surface area contributed by atoms with Gasteiger partial charge in [0.15, 0.2) is 0 Å². The molecule has 4 heteroatoms. The molecule has 0 radical (unpaired) electrons. The first kappa shape index (κ1) is 20.8. The molecule has 3 rings (SSSR count). The average Bonchev–Trinajstić information content (AvgIpc) is 2.56. The van der Waals surface area contributed by atoms with Crippen molar-refractivity contribution in [2.24, 2.45) is 0 Å². The molecular formula is C13H9HfI3. The van der Waals surface area contributed by atoms with E-state index in [9.17, 15) is 0 Å². The molecule has 1 aliphatic carbocycles. The summed E-state index contributed by atoms with van der Waals surface area (Å²) in [5.74, 6) is 0. The first-order chi connectivity index (χ1) is 6.45. The van der Waals surface area contributed by atoms with Crippen LogP contribution in [-0.2, 0) is 32.3 Å². The standard InChI is InChI=1S/C13H9.Hf.3HI/c1-3-7-12-10(5-1)9-11-6-2-4-8-13(11)12;;;;/h1-5,7-8H,9H2;;3*1H/q-1;+4;;;/p-3. The molecule has 0 amide bonds. The van der Waals surface area contributed by atoms with Gasteiger partial charge in [0, 0.05) is 0 Å². The van der Waals surface area contributed by atoms with Crippen molar-refractivity contribution in [2.75, 3.05) is 0 Å². The van der Waals surface area contributed by atoms with E-state index in [0.717, 1.165) is 6.42 Å². The van der Waals surface area contributed by atoms with Crippen LogP contribution in [0.4, 0.5) is 0 Å². The van der Waals surface area contributed by atoms with Crippen LogP contribution in [0.1, 0.15) is 11.1 Å². The van der Waals surface area contributed by atoms with E-state index in [2.05, 4.69) is 42.5 Å². The maximum Gasteiger partial charge on any atom is 4.00 e. The third-order valence-electron chi connectivity index (χ3n) is 2.62. The zero-order valence-electron chi connectivity index (χ0n) is 8.88. The van der Waals surface area contributed by atoms with Gasteiger partial charge in [-0.05, 0) is 6.42 Å². The fraction of sp³-hybridized carbons (Fsp3) is 0.0769. The van der Waals surface area contributed by atoms with Crippen molar-refractivity contribution in [1.29, 1.82) is 0 Å². The molecule has 0 aliphatic heterocycles. The van der Waals surface area contributed by atoms with Gasteiger partial charge in [0.1, 0.15) is 0 Å². The Bertz CT molecular complexity index is 428. The van der Waals surface area contributed by atoms with E-state index >= 15 is 0 Å². The van der Waals surface area contributed by atoms with Crippen LogP contribution in [0.2, 0.25) is 0 Å². The molecule has 2 aromatic rings. The van der Waals surface area contributed by atoms with Crippen molar-refractivity contribution in [3.05, 3.63) is 59.7 Å². The molecule has 0 heterocycles. The van der Waals surface area contributed by atoms with Crippen molar-refractivity contribution in [3.8, 4) is 11.1 Å². The Morgan fingerprint density at radius 3 is 2.24 bits per heavy atom. The third-order valence-corrected chi connectivity index (χ3v) is 2.62. The van der Waals surface area contributed by atoms with Crippen molar-refractivity contribution in [3.63, 3.8) is 0 Å². The number of fused-ring (bicyclic) bond motifs is 3. The Morgan fingerprint density at radius 2 is 1.47 bits per heavy atom. The summed E-state index contributed by atoms with van der Waals surface area (Å²) in [4.78, 5) is 0. The smallest absolute Gasteiger partial charge is 1.00 e. The van der Waals surface area contributed by atoms with E-state index in [0.29, 0.717) is 0 Å². The monoisotopic (exact) mass is 726 g/mol. The van der Waals surface area contributed by atoms with Crippen molar-refractivity contribution in [1.82, 2.24) is 0 Å². The van der Waals surface area contributed by atoms with Crippen LogP contribution in [0.25, 0.3) is 11.1 Å². The van der Waals surface area contributed by atoms with Gasteiger partial charge in [-0.15, -0.1) is 5.56 Å². The van der Waals surface area contributed by atoms with E-state index < -0.39 is 0 Å². The minimum Gasteiger partial charge on any atom is -1.00 e. The Balaban J connectivity index is 0. The molecule has 0 unspecified atom stereocenters. The van der Waals surface area contributed by atoms with E-state index in [1.807, 2.05) is 6.07 Å². The fourth-order valence-corrected chi connectivity index (χ4v) is 2.00. The minimum absolute atomic E-state index is 0. The van der Waals surface area contributed by atoms with Gasteiger partial charge in [-0.2, -0.15) is 29.8 Å². The van der Waals surface area contributed by atoms with Crippen molar-refractivity contribution in [2.45, 2.75) is 6.42 Å². The van der Waals surface area contributed by atoms with Crippen LogP contribution in [-0.4, -0.2) is 0 Å². The fourth-order valence-electron chi connectivity index (χ4n) is 2.00. The molecular weight excluding hydrogens is 715 g/mol. The average molecular weight is 724 g/mol. The summed E-state index contributed by atoms with van der Waals surface area (Å²) < 4.78 is 0. The second-order valence-corrected chi connectivity index (χ2v) is 3.40. The van der Waals surface area contributed by atoms with Crippen molar-refractivity contribution < 1.29 is 97.8 Å². The quantitative estimate of drug-likeness (QED) is 0.123. The predicted octanol–water partition coefficient (Wildman–Crippen LogP) is -5.93. The zero-order chi connectivity index (χ0) is 8.67. The molecule has 0 bridgehead atoms.